The summed E-state index contributed by atoms with van der Waals surface area (Å²) in [5, 5.41) is 0.225. The van der Waals surface area contributed by atoms with Crippen molar-refractivity contribution in [3.63, 3.8) is 0 Å². The molecule has 1 unspecified atom stereocenters. The van der Waals surface area contributed by atoms with E-state index in [1.165, 1.54) is 23.3 Å². The Balaban J connectivity index is 1.65. The third-order valence-corrected chi connectivity index (χ3v) is 6.02. The maximum absolute atomic E-state index is 12.5. The van der Waals surface area contributed by atoms with E-state index in [1.807, 2.05) is 4.90 Å². The highest BCUT2D eigenvalue weighted by Crippen LogP contribution is 2.32. The van der Waals surface area contributed by atoms with E-state index in [0.29, 0.717) is 5.92 Å². The maximum Gasteiger partial charge on any atom is 0.263 e. The second-order valence-corrected chi connectivity index (χ2v) is 7.54. The summed E-state index contributed by atoms with van der Waals surface area (Å²) in [7, 11) is 0. The van der Waals surface area contributed by atoms with Crippen molar-refractivity contribution in [1.82, 2.24) is 4.90 Å². The third-order valence-electron chi connectivity index (χ3n) is 4.43. The first-order valence-electron chi connectivity index (χ1n) is 7.20. The van der Waals surface area contributed by atoms with E-state index >= 15 is 0 Å². The van der Waals surface area contributed by atoms with Gasteiger partial charge in [0.25, 0.3) is 5.91 Å². The number of aryl methyl sites for hydroxylation is 2. The van der Waals surface area contributed by atoms with Crippen LogP contribution < -0.4 is 0 Å². The minimum atomic E-state index is 0.225. The number of halogens is 1. The number of likely N-dealkylation sites (tertiary alicyclic amines) is 1. The summed E-state index contributed by atoms with van der Waals surface area (Å²) in [4.78, 5) is 16.9. The lowest BCUT2D eigenvalue weighted by Crippen LogP contribution is -2.39. The second kappa shape index (κ2) is 5.45. The first-order chi connectivity index (χ1) is 9.15. The van der Waals surface area contributed by atoms with Gasteiger partial charge in [0.2, 0.25) is 0 Å². The van der Waals surface area contributed by atoms with Crippen LogP contribution in [-0.2, 0) is 12.8 Å². The summed E-state index contributed by atoms with van der Waals surface area (Å²) in [6, 6.07) is 2.13. The average Bonchev–Trinajstić information content (AvgIpc) is 2.98. The molecule has 104 valence electrons. The number of alkyl halides is 1. The summed E-state index contributed by atoms with van der Waals surface area (Å²) in [5.74, 6) is 0.805. The molecular formula is C15H20ClNOS. The molecule has 3 rings (SSSR count). The van der Waals surface area contributed by atoms with Crippen molar-refractivity contribution in [3.8, 4) is 0 Å². The van der Waals surface area contributed by atoms with E-state index in [2.05, 4.69) is 13.0 Å². The highest BCUT2D eigenvalue weighted by molar-refractivity contribution is 7.14. The number of carbonyl (C=O) groups excluding carboxylic acids is 1. The summed E-state index contributed by atoms with van der Waals surface area (Å²) in [6.07, 6.45) is 5.67. The zero-order chi connectivity index (χ0) is 13.4. The van der Waals surface area contributed by atoms with Gasteiger partial charge in [0.15, 0.2) is 0 Å². The quantitative estimate of drug-likeness (QED) is 0.762. The molecule has 1 fully saturated rings. The standard InChI is InChI=1S/C15H20ClNOS/c1-10(16)11-5-7-17(8-6-11)15(18)14-9-12-3-2-4-13(12)19-14/h9-11H,2-8H2,1H3. The Labute approximate surface area is 123 Å². The summed E-state index contributed by atoms with van der Waals surface area (Å²) >= 11 is 7.86. The predicted molar refractivity (Wildman–Crippen MR) is 80.3 cm³/mol. The number of thiophene rings is 1. The molecule has 2 heterocycles. The Morgan fingerprint density at radius 2 is 2.16 bits per heavy atom. The van der Waals surface area contributed by atoms with Gasteiger partial charge in [-0.25, -0.2) is 0 Å². The first-order valence-corrected chi connectivity index (χ1v) is 8.45. The molecule has 0 N–H and O–H groups in total. The summed E-state index contributed by atoms with van der Waals surface area (Å²) in [5.41, 5.74) is 1.41. The van der Waals surface area contributed by atoms with Gasteiger partial charge in [-0.05, 0) is 56.6 Å². The number of hydrogen-bond acceptors (Lipinski definition) is 2. The smallest absolute Gasteiger partial charge is 0.263 e. The maximum atomic E-state index is 12.5. The van der Waals surface area contributed by atoms with Crippen LogP contribution in [0, 0.1) is 5.92 Å². The minimum absolute atomic E-state index is 0.225. The fraction of sp³-hybridized carbons (Fsp3) is 0.667. The van der Waals surface area contributed by atoms with Gasteiger partial charge >= 0.3 is 0 Å². The molecule has 1 saturated heterocycles. The number of fused-ring (bicyclic) bond motifs is 1. The van der Waals surface area contributed by atoms with Gasteiger partial charge in [-0.1, -0.05) is 0 Å². The Hall–Kier alpha value is -0.540. The van der Waals surface area contributed by atoms with Gasteiger partial charge in [-0.3, -0.25) is 4.79 Å². The van der Waals surface area contributed by atoms with E-state index < -0.39 is 0 Å². The molecule has 1 aromatic heterocycles. The molecule has 2 nitrogen and oxygen atoms in total. The van der Waals surface area contributed by atoms with Crippen LogP contribution in [0.4, 0.5) is 0 Å². The van der Waals surface area contributed by atoms with Crippen LogP contribution in [0.2, 0.25) is 0 Å². The van der Waals surface area contributed by atoms with Crippen molar-refractivity contribution < 1.29 is 4.79 Å². The van der Waals surface area contributed by atoms with E-state index in [1.54, 1.807) is 11.3 Å². The molecule has 1 aromatic rings. The first kappa shape index (κ1) is 13.4. The molecule has 0 radical (unpaired) electrons. The topological polar surface area (TPSA) is 20.3 Å². The molecule has 4 heteroatoms. The molecule has 1 aliphatic carbocycles. The Morgan fingerprint density at radius 1 is 1.42 bits per heavy atom. The molecule has 2 aliphatic rings. The molecule has 1 amide bonds. The molecular weight excluding hydrogens is 278 g/mol. The van der Waals surface area contributed by atoms with Gasteiger partial charge in [0.1, 0.15) is 0 Å². The highest BCUT2D eigenvalue weighted by atomic mass is 35.5. The highest BCUT2D eigenvalue weighted by Gasteiger charge is 2.27. The van der Waals surface area contributed by atoms with Gasteiger partial charge in [-0.15, -0.1) is 22.9 Å². The lowest BCUT2D eigenvalue weighted by molar-refractivity contribution is 0.0695. The van der Waals surface area contributed by atoms with Crippen LogP contribution in [0.3, 0.4) is 0 Å². The largest absolute Gasteiger partial charge is 0.338 e. The van der Waals surface area contributed by atoms with E-state index in [0.717, 1.165) is 37.2 Å². The molecule has 1 atom stereocenters. The number of amides is 1. The Morgan fingerprint density at radius 3 is 2.79 bits per heavy atom. The number of hydrogen-bond donors (Lipinski definition) is 0. The van der Waals surface area contributed by atoms with Crippen molar-refractivity contribution in [3.05, 3.63) is 21.4 Å². The SMILES string of the molecule is CC(Cl)C1CCN(C(=O)c2cc3c(s2)CCC3)CC1. The number of piperidine rings is 1. The second-order valence-electron chi connectivity index (χ2n) is 5.72. The number of nitrogens with zero attached hydrogens (tertiary/aromatic N) is 1. The van der Waals surface area contributed by atoms with Crippen LogP contribution in [0.1, 0.15) is 46.3 Å². The Kier molecular flexibility index (Phi) is 3.86. The molecule has 1 aliphatic heterocycles. The molecule has 19 heavy (non-hydrogen) atoms. The Bertz CT molecular complexity index is 453. The zero-order valence-corrected chi connectivity index (χ0v) is 12.9. The summed E-state index contributed by atoms with van der Waals surface area (Å²) < 4.78 is 0. The predicted octanol–water partition coefficient (Wildman–Crippen LogP) is 3.72. The molecule has 0 aromatic carbocycles. The number of carbonyl (C=O) groups is 1. The van der Waals surface area contributed by atoms with Gasteiger partial charge in [0, 0.05) is 23.3 Å². The zero-order valence-electron chi connectivity index (χ0n) is 11.3. The van der Waals surface area contributed by atoms with E-state index in [-0.39, 0.29) is 11.3 Å². The lowest BCUT2D eigenvalue weighted by atomic mass is 9.94. The van der Waals surface area contributed by atoms with Crippen LogP contribution in [0.5, 0.6) is 0 Å². The fourth-order valence-electron chi connectivity index (χ4n) is 3.15. The average molecular weight is 298 g/mol. The van der Waals surface area contributed by atoms with Crippen molar-refractivity contribution in [1.29, 1.82) is 0 Å². The van der Waals surface area contributed by atoms with E-state index in [9.17, 15) is 4.79 Å². The fourth-order valence-corrected chi connectivity index (χ4v) is 4.63. The van der Waals surface area contributed by atoms with Gasteiger partial charge < -0.3 is 4.90 Å². The normalized spacial score (nSPS) is 21.5. The third kappa shape index (κ3) is 2.68. The number of rotatable bonds is 2. The van der Waals surface area contributed by atoms with Gasteiger partial charge in [0.05, 0.1) is 4.88 Å². The molecule has 0 saturated carbocycles. The van der Waals surface area contributed by atoms with Crippen molar-refractivity contribution in [2.75, 3.05) is 13.1 Å². The van der Waals surface area contributed by atoms with Gasteiger partial charge in [-0.2, -0.15) is 0 Å². The lowest BCUT2D eigenvalue weighted by Gasteiger charge is -2.32. The van der Waals surface area contributed by atoms with Crippen molar-refractivity contribution in [2.24, 2.45) is 5.92 Å². The molecule has 0 bridgehead atoms. The minimum Gasteiger partial charge on any atom is -0.338 e. The van der Waals surface area contributed by atoms with Crippen LogP contribution in [0.15, 0.2) is 6.07 Å². The van der Waals surface area contributed by atoms with Crippen LogP contribution in [-0.4, -0.2) is 29.3 Å². The molecule has 0 spiro atoms. The monoisotopic (exact) mass is 297 g/mol. The van der Waals surface area contributed by atoms with E-state index in [4.69, 9.17) is 11.6 Å². The summed E-state index contributed by atoms with van der Waals surface area (Å²) in [6.45, 7) is 3.79. The van der Waals surface area contributed by atoms with Crippen molar-refractivity contribution >= 4 is 28.8 Å². The van der Waals surface area contributed by atoms with Crippen LogP contribution >= 0.6 is 22.9 Å². The van der Waals surface area contributed by atoms with Crippen molar-refractivity contribution in [2.45, 2.75) is 44.4 Å². The van der Waals surface area contributed by atoms with Crippen LogP contribution in [0.25, 0.3) is 0 Å².